The van der Waals surface area contributed by atoms with Crippen LogP contribution in [0.2, 0.25) is 0 Å². The van der Waals surface area contributed by atoms with E-state index in [0.29, 0.717) is 18.6 Å². The minimum Gasteiger partial charge on any atom is -0.478 e. The highest BCUT2D eigenvalue weighted by Crippen LogP contribution is 2.35. The van der Waals surface area contributed by atoms with Crippen LogP contribution in [0.1, 0.15) is 19.3 Å². The van der Waals surface area contributed by atoms with Crippen LogP contribution in [0, 0.1) is 0 Å². The molecule has 0 aromatic heterocycles. The van der Waals surface area contributed by atoms with Crippen LogP contribution in [-0.2, 0) is 19.2 Å². The number of carboxylic acid groups (broad SMARTS) is 2. The summed E-state index contributed by atoms with van der Waals surface area (Å²) in [5.74, 6) is -2.40. The lowest BCUT2D eigenvalue weighted by molar-refractivity contribution is -0.198. The summed E-state index contributed by atoms with van der Waals surface area (Å²) in [5, 5.41) is 17.0. The zero-order chi connectivity index (χ0) is 16.0. The molecule has 0 radical (unpaired) electrons. The third-order valence-electron chi connectivity index (χ3n) is 3.42. The largest absolute Gasteiger partial charge is 0.478 e. The van der Waals surface area contributed by atoms with Crippen molar-refractivity contribution in [1.29, 1.82) is 0 Å². The maximum Gasteiger partial charge on any atom is 0.328 e. The Morgan fingerprint density at radius 3 is 1.95 bits per heavy atom. The van der Waals surface area contributed by atoms with Crippen LogP contribution >= 0.6 is 0 Å². The van der Waals surface area contributed by atoms with Crippen LogP contribution in [0.3, 0.4) is 0 Å². The summed E-state index contributed by atoms with van der Waals surface area (Å²) >= 11 is 0. The molecule has 21 heavy (non-hydrogen) atoms. The van der Waals surface area contributed by atoms with Gasteiger partial charge >= 0.3 is 11.9 Å². The van der Waals surface area contributed by atoms with Gasteiger partial charge in [0.15, 0.2) is 0 Å². The maximum atomic E-state index is 11.3. The first-order valence-corrected chi connectivity index (χ1v) is 6.52. The van der Waals surface area contributed by atoms with Crippen molar-refractivity contribution in [3.05, 3.63) is 12.2 Å². The molecule has 0 saturated carbocycles. The summed E-state index contributed by atoms with van der Waals surface area (Å²) in [6.07, 6.45) is 3.63. The summed E-state index contributed by atoms with van der Waals surface area (Å²) in [4.78, 5) is 38.3. The van der Waals surface area contributed by atoms with Crippen molar-refractivity contribution in [3.63, 3.8) is 0 Å². The number of carbonyl (C=O) groups excluding carboxylic acids is 1. The number of rotatable bonds is 2. The first-order valence-electron chi connectivity index (χ1n) is 6.52. The van der Waals surface area contributed by atoms with E-state index < -0.39 is 11.9 Å². The van der Waals surface area contributed by atoms with E-state index in [-0.39, 0.29) is 11.5 Å². The van der Waals surface area contributed by atoms with Gasteiger partial charge in [-0.05, 0) is 19.9 Å². The molecule has 1 amide bonds. The van der Waals surface area contributed by atoms with E-state index >= 15 is 0 Å². The lowest BCUT2D eigenvalue weighted by Gasteiger charge is -2.35. The number of hydrogen-bond acceptors (Lipinski definition) is 5. The molecule has 2 aliphatic heterocycles. The summed E-state index contributed by atoms with van der Waals surface area (Å²) in [6, 6.07) is 0. The Morgan fingerprint density at radius 1 is 1.14 bits per heavy atom. The fourth-order valence-electron chi connectivity index (χ4n) is 2.20. The van der Waals surface area contributed by atoms with Crippen molar-refractivity contribution in [2.75, 3.05) is 27.2 Å². The van der Waals surface area contributed by atoms with Crippen LogP contribution < -0.4 is 0 Å². The van der Waals surface area contributed by atoms with Crippen molar-refractivity contribution in [3.8, 4) is 0 Å². The number of likely N-dealkylation sites (tertiary alicyclic amines) is 1. The quantitative estimate of drug-likeness (QED) is 0.689. The lowest BCUT2D eigenvalue weighted by Crippen LogP contribution is -2.43. The number of piperidine rings is 1. The van der Waals surface area contributed by atoms with E-state index in [1.165, 1.54) is 5.06 Å². The first-order chi connectivity index (χ1) is 9.74. The fraction of sp³-hybridized carbons (Fsp3) is 0.615. The number of hydrogen-bond donors (Lipinski definition) is 2. The number of amides is 1. The molecule has 0 aromatic carbocycles. The number of carbonyl (C=O) groups is 3. The minimum atomic E-state index is -1.26. The summed E-state index contributed by atoms with van der Waals surface area (Å²) < 4.78 is 0. The van der Waals surface area contributed by atoms with Crippen LogP contribution in [0.4, 0.5) is 0 Å². The lowest BCUT2D eigenvalue weighted by atomic mass is 9.89. The Bertz CT molecular complexity index is 424. The number of nitrogens with zero attached hydrogens (tertiary/aromatic N) is 2. The average molecular weight is 300 g/mol. The minimum absolute atomic E-state index is 0.115. The van der Waals surface area contributed by atoms with Gasteiger partial charge in [-0.25, -0.2) is 14.7 Å². The molecule has 2 fully saturated rings. The second-order valence-electron chi connectivity index (χ2n) is 5.16. The van der Waals surface area contributed by atoms with Gasteiger partial charge in [-0.15, -0.1) is 0 Å². The molecule has 2 rings (SSSR count). The topological polar surface area (TPSA) is 107 Å². The normalized spacial score (nSPS) is 21.4. The highest BCUT2D eigenvalue weighted by molar-refractivity contribution is 5.89. The Kier molecular flexibility index (Phi) is 5.86. The Labute approximate surface area is 122 Å². The molecule has 2 heterocycles. The molecule has 0 unspecified atom stereocenters. The van der Waals surface area contributed by atoms with Crippen LogP contribution in [0.5, 0.6) is 0 Å². The third-order valence-corrected chi connectivity index (χ3v) is 3.42. The Hall–Kier alpha value is -1.93. The van der Waals surface area contributed by atoms with E-state index in [0.717, 1.165) is 25.9 Å². The van der Waals surface area contributed by atoms with Crippen molar-refractivity contribution >= 4 is 17.8 Å². The van der Waals surface area contributed by atoms with Gasteiger partial charge in [0.25, 0.3) is 0 Å². The van der Waals surface area contributed by atoms with E-state index in [4.69, 9.17) is 15.1 Å². The molecular weight excluding hydrogens is 280 g/mol. The van der Waals surface area contributed by atoms with Crippen molar-refractivity contribution in [2.24, 2.45) is 0 Å². The Morgan fingerprint density at radius 2 is 1.62 bits per heavy atom. The smallest absolute Gasteiger partial charge is 0.328 e. The van der Waals surface area contributed by atoms with Crippen LogP contribution in [0.15, 0.2) is 12.2 Å². The molecule has 8 nitrogen and oxygen atoms in total. The van der Waals surface area contributed by atoms with Crippen molar-refractivity contribution < 1.29 is 29.4 Å². The van der Waals surface area contributed by atoms with E-state index in [1.54, 1.807) is 7.05 Å². The predicted molar refractivity (Wildman–Crippen MR) is 72.3 cm³/mol. The molecule has 118 valence electrons. The Balaban J connectivity index is 0.000000240. The van der Waals surface area contributed by atoms with Crippen LogP contribution in [0.25, 0.3) is 0 Å². The zero-order valence-electron chi connectivity index (χ0n) is 12.1. The molecule has 2 saturated heterocycles. The third kappa shape index (κ3) is 5.52. The van der Waals surface area contributed by atoms with Crippen molar-refractivity contribution in [2.45, 2.75) is 24.9 Å². The van der Waals surface area contributed by atoms with Crippen molar-refractivity contribution in [1.82, 2.24) is 9.96 Å². The number of aliphatic carboxylic acids is 2. The standard InChI is InChI=1S/C9H16N2O2.C4H4O4/c1-10-5-3-9(4-6-10)7-8(12)11(2)13-9;5-3(6)1-2-4(7)8/h3-7H2,1-2H3;1-2H,(H,5,6)(H,7,8). The van der Waals surface area contributed by atoms with Gasteiger partial charge < -0.3 is 15.1 Å². The van der Waals surface area contributed by atoms with Gasteiger partial charge in [-0.2, -0.15) is 0 Å². The monoisotopic (exact) mass is 300 g/mol. The zero-order valence-corrected chi connectivity index (χ0v) is 12.1. The summed E-state index contributed by atoms with van der Waals surface area (Å²) in [6.45, 7) is 2.06. The molecule has 0 bridgehead atoms. The average Bonchev–Trinajstić information content (AvgIpc) is 2.67. The van der Waals surface area contributed by atoms with E-state index in [9.17, 15) is 14.4 Å². The number of hydroxylamine groups is 2. The van der Waals surface area contributed by atoms with Gasteiger partial charge in [0.05, 0.1) is 6.42 Å². The first kappa shape index (κ1) is 17.1. The second kappa shape index (κ2) is 7.19. The van der Waals surface area contributed by atoms with E-state index in [2.05, 4.69) is 11.9 Å². The maximum absolute atomic E-state index is 11.3. The molecule has 0 aromatic rings. The van der Waals surface area contributed by atoms with Gasteiger partial charge in [-0.3, -0.25) is 9.63 Å². The molecule has 2 aliphatic rings. The fourth-order valence-corrected chi connectivity index (χ4v) is 2.20. The van der Waals surface area contributed by atoms with Gasteiger partial charge in [-0.1, -0.05) is 0 Å². The van der Waals surface area contributed by atoms with Crippen LogP contribution in [-0.4, -0.2) is 70.8 Å². The molecular formula is C13H20N2O6. The second-order valence-corrected chi connectivity index (χ2v) is 5.16. The predicted octanol–water partition coefficient (Wildman–Crippen LogP) is -0.0437. The molecule has 0 aliphatic carbocycles. The van der Waals surface area contributed by atoms with E-state index in [1.807, 2.05) is 0 Å². The SMILES string of the molecule is CN1CCC2(CC1)CC(=O)N(C)O2.O=C(O)C=CC(=O)O. The molecule has 1 spiro atoms. The summed E-state index contributed by atoms with van der Waals surface area (Å²) in [7, 11) is 3.81. The van der Waals surface area contributed by atoms with Gasteiger partial charge in [0, 0.05) is 32.3 Å². The highest BCUT2D eigenvalue weighted by Gasteiger charge is 2.44. The van der Waals surface area contributed by atoms with Gasteiger partial charge in [0.2, 0.25) is 5.91 Å². The molecule has 8 heteroatoms. The van der Waals surface area contributed by atoms with Gasteiger partial charge in [0.1, 0.15) is 5.60 Å². The summed E-state index contributed by atoms with van der Waals surface area (Å²) in [5.41, 5.74) is -0.168. The molecule has 2 N–H and O–H groups in total. The highest BCUT2D eigenvalue weighted by atomic mass is 16.7. The molecule has 0 atom stereocenters. The number of carboxylic acids is 2.